The lowest BCUT2D eigenvalue weighted by atomic mass is 9.73. The molecule has 96 valence electrons. The molecule has 2 fully saturated rings. The molecule has 16 heavy (non-hydrogen) atoms. The Hall–Kier alpha value is 2.19. The second-order valence-corrected chi connectivity index (χ2v) is 15.9. The molecule has 0 aromatic carbocycles. The molecule has 2 aliphatic carbocycles. The van der Waals surface area contributed by atoms with Crippen molar-refractivity contribution < 1.29 is 0 Å². The van der Waals surface area contributed by atoms with E-state index in [0.717, 1.165) is 11.8 Å². The fraction of sp³-hybridized carbons (Fsp3) is 1.00. The number of hydrogen-bond donors (Lipinski definition) is 0. The van der Waals surface area contributed by atoms with Crippen LogP contribution in [0.1, 0.15) is 64.2 Å². The average Bonchev–Trinajstić information content (AvgIpc) is 2.31. The normalized spacial score (nSPS) is 24.0. The molecule has 0 amide bonds. The second-order valence-electron chi connectivity index (χ2n) is 5.04. The predicted octanol–water partition coefficient (Wildman–Crippen LogP) is 6.72. The van der Waals surface area contributed by atoms with E-state index in [1.165, 1.54) is 38.5 Å². The summed E-state index contributed by atoms with van der Waals surface area (Å²) in [5.41, 5.74) is 0. The zero-order chi connectivity index (χ0) is 11.8. The van der Waals surface area contributed by atoms with E-state index >= 15 is 0 Å². The Bertz CT molecular complexity index is 140. The van der Waals surface area contributed by atoms with Crippen LogP contribution in [-0.4, -0.2) is -0.0619 Å². The molecular weight excluding hydrogens is 537 g/mol. The fourth-order valence-corrected chi connectivity index (χ4v) is 3.21. The quantitative estimate of drug-likeness (QED) is 0.247. The summed E-state index contributed by atoms with van der Waals surface area (Å²) in [5.74, 6) is 2.28. The van der Waals surface area contributed by atoms with Crippen LogP contribution >= 0.6 is 67.8 Å². The van der Waals surface area contributed by atoms with Crippen LogP contribution in [0.4, 0.5) is 0 Å². The largest absolute Gasteiger partial charge is 0.114 e. The third kappa shape index (κ3) is 7.59. The van der Waals surface area contributed by atoms with Crippen LogP contribution in [-0.2, 0) is 0 Å². The Morgan fingerprint density at radius 3 is 1.06 bits per heavy atom. The highest BCUT2D eigenvalue weighted by Crippen LogP contribution is 2.37. The molecule has 0 saturated heterocycles. The third-order valence-corrected chi connectivity index (χ3v) is 3.97. The van der Waals surface area contributed by atoms with Gasteiger partial charge in [-0.25, -0.2) is 0 Å². The fourth-order valence-electron chi connectivity index (χ4n) is 3.21. The van der Waals surface area contributed by atoms with Crippen molar-refractivity contribution in [1.29, 1.82) is 0 Å². The van der Waals surface area contributed by atoms with Crippen LogP contribution in [0.2, 0.25) is 0 Å². The Morgan fingerprint density at radius 2 is 0.812 bits per heavy atom. The summed E-state index contributed by atoms with van der Waals surface area (Å²) in [4.78, 5) is 0. The van der Waals surface area contributed by atoms with Gasteiger partial charge in [0.1, 0.15) is -0.0619 Å². The van der Waals surface area contributed by atoms with Gasteiger partial charge >= 0.3 is 0 Å². The van der Waals surface area contributed by atoms with E-state index in [2.05, 4.69) is 67.8 Å². The highest BCUT2D eigenvalue weighted by atomic mass is 127. The van der Waals surface area contributed by atoms with Crippen LogP contribution in [0.5, 0.6) is 0 Å². The predicted molar refractivity (Wildman–Crippen MR) is 99.0 cm³/mol. The molecule has 0 aliphatic heterocycles. The van der Waals surface area contributed by atoms with Crippen molar-refractivity contribution in [2.75, 3.05) is 0 Å². The smallest absolute Gasteiger partial charge is 0.0592 e. The molecule has 0 aromatic rings. The summed E-state index contributed by atoms with van der Waals surface area (Å²) in [6.45, 7) is 0. The summed E-state index contributed by atoms with van der Waals surface area (Å²) in [6.07, 6.45) is 15.4. The van der Waals surface area contributed by atoms with Crippen LogP contribution in [0.15, 0.2) is 0 Å². The van der Waals surface area contributed by atoms with Crippen LogP contribution in [0, 0.1) is 11.8 Å². The Balaban J connectivity index is 0.000000280. The van der Waals surface area contributed by atoms with E-state index in [0.29, 0.717) is 0 Å². The average molecular weight is 560 g/mol. The van der Waals surface area contributed by atoms with E-state index in [9.17, 15) is 0 Å². The minimum absolute atomic E-state index is 0.743. The molecule has 2 aliphatic rings. The summed E-state index contributed by atoms with van der Waals surface area (Å²) >= 11 is 6.95. The summed E-state index contributed by atoms with van der Waals surface area (Å²) < 4.78 is 0.743. The molecule has 0 spiro atoms. The van der Waals surface area contributed by atoms with Crippen molar-refractivity contribution in [1.82, 2.24) is 0 Å². The summed E-state index contributed by atoms with van der Waals surface area (Å²) in [6, 6.07) is 0. The molecule has 0 aromatic heterocycles. The zero-order valence-corrected chi connectivity index (χ0v) is 16.4. The van der Waals surface area contributed by atoms with Crippen molar-refractivity contribution >= 4 is 67.8 Å². The Labute approximate surface area is 142 Å². The highest BCUT2D eigenvalue weighted by Gasteiger charge is 2.24. The van der Waals surface area contributed by atoms with E-state index in [-0.39, 0.29) is 0 Å². The first-order valence-electron chi connectivity index (χ1n) is 6.62. The molecule has 0 heterocycles. The molecule has 2 rings (SSSR count). The first kappa shape index (κ1) is 16.2. The van der Waals surface area contributed by atoms with Gasteiger partial charge in [-0.05, 0) is 11.8 Å². The molecule has 0 unspecified atom stereocenters. The lowest BCUT2D eigenvalue weighted by Gasteiger charge is -2.32. The Morgan fingerprint density at radius 1 is 0.562 bits per heavy atom. The van der Waals surface area contributed by atoms with Gasteiger partial charge in [0.05, 0.1) is 0 Å². The SMILES string of the molecule is C1CCC(C2CCCCC2)CC1.IC(I)I. The Kier molecular flexibility index (Phi) is 10.2. The zero-order valence-electron chi connectivity index (χ0n) is 9.94. The number of rotatable bonds is 1. The first-order valence-corrected chi connectivity index (χ1v) is 10.4. The van der Waals surface area contributed by atoms with E-state index in [4.69, 9.17) is 0 Å². The lowest BCUT2D eigenvalue weighted by molar-refractivity contribution is 0.196. The standard InChI is InChI=1S/C12H22.CHI3/c1-3-7-11(8-4-1)12-9-5-2-6-10-12;2-1(3)4/h11-12H,1-10H2;1H. The van der Waals surface area contributed by atoms with Gasteiger partial charge in [0.25, 0.3) is 0 Å². The van der Waals surface area contributed by atoms with Crippen LogP contribution in [0.3, 0.4) is 0 Å². The van der Waals surface area contributed by atoms with Crippen LogP contribution in [0.25, 0.3) is 0 Å². The molecule has 0 N–H and O–H groups in total. The van der Waals surface area contributed by atoms with Gasteiger partial charge in [0, 0.05) is 0 Å². The van der Waals surface area contributed by atoms with Gasteiger partial charge in [0.2, 0.25) is 0 Å². The lowest BCUT2D eigenvalue weighted by Crippen LogP contribution is -2.20. The molecular formula is C13H23I3. The third-order valence-electron chi connectivity index (χ3n) is 3.97. The molecule has 2 saturated carbocycles. The van der Waals surface area contributed by atoms with Crippen molar-refractivity contribution in [3.63, 3.8) is 0 Å². The van der Waals surface area contributed by atoms with Crippen molar-refractivity contribution in [3.8, 4) is 0 Å². The van der Waals surface area contributed by atoms with Gasteiger partial charge in [-0.15, -0.1) is 0 Å². The summed E-state index contributed by atoms with van der Waals surface area (Å²) in [7, 11) is 0. The number of halogens is 3. The van der Waals surface area contributed by atoms with Gasteiger partial charge < -0.3 is 0 Å². The van der Waals surface area contributed by atoms with Crippen molar-refractivity contribution in [2.45, 2.75) is 64.1 Å². The van der Waals surface area contributed by atoms with Gasteiger partial charge in [-0.1, -0.05) is 132 Å². The first-order chi connectivity index (χ1) is 7.70. The summed E-state index contributed by atoms with van der Waals surface area (Å²) in [5, 5.41) is 0. The monoisotopic (exact) mass is 560 g/mol. The molecule has 0 bridgehead atoms. The van der Waals surface area contributed by atoms with Crippen molar-refractivity contribution in [3.05, 3.63) is 0 Å². The maximum atomic E-state index is 2.32. The van der Waals surface area contributed by atoms with E-state index < -0.39 is 0 Å². The number of alkyl halides is 3. The maximum Gasteiger partial charge on any atom is 0.114 e. The number of hydrogen-bond acceptors (Lipinski definition) is 0. The molecule has 0 nitrogen and oxygen atoms in total. The van der Waals surface area contributed by atoms with Gasteiger partial charge in [0.15, 0.2) is 0 Å². The molecule has 0 atom stereocenters. The minimum atomic E-state index is 0.743. The van der Waals surface area contributed by atoms with E-state index in [1.54, 1.807) is 25.7 Å². The van der Waals surface area contributed by atoms with Gasteiger partial charge in [-0.3, -0.25) is 0 Å². The molecule has 0 radical (unpaired) electrons. The topological polar surface area (TPSA) is 0 Å². The maximum absolute atomic E-state index is 2.32. The second kappa shape index (κ2) is 10.0. The van der Waals surface area contributed by atoms with Gasteiger partial charge in [-0.2, -0.15) is 0 Å². The highest BCUT2D eigenvalue weighted by molar-refractivity contribution is 14.3. The van der Waals surface area contributed by atoms with Crippen molar-refractivity contribution in [2.24, 2.45) is 11.8 Å². The molecule has 3 heteroatoms. The van der Waals surface area contributed by atoms with Crippen LogP contribution < -0.4 is 0 Å². The minimum Gasteiger partial charge on any atom is -0.0592 e. The van der Waals surface area contributed by atoms with E-state index in [1.807, 2.05) is 0 Å².